The molecule has 0 bridgehead atoms. The van der Waals surface area contributed by atoms with Gasteiger partial charge in [-0.15, -0.1) is 0 Å². The first kappa shape index (κ1) is 20.7. The SMILES string of the molecule is NCCc1ccccc1NN1CN=Cc2c(-c3ccccc3)cn([C@@H]3OC[C@@H](O)[C@H]3O)c21. The molecule has 3 heterocycles. The number of aromatic nitrogens is 1. The molecule has 5 rings (SSSR count). The third-order valence-corrected chi connectivity index (χ3v) is 5.91. The zero-order valence-corrected chi connectivity index (χ0v) is 17.6. The molecular formula is C24H27N5O3. The fourth-order valence-electron chi connectivity index (χ4n) is 4.33. The first-order valence-corrected chi connectivity index (χ1v) is 10.8. The summed E-state index contributed by atoms with van der Waals surface area (Å²) in [5.41, 5.74) is 14.3. The van der Waals surface area contributed by atoms with Crippen LogP contribution in [0.5, 0.6) is 0 Å². The van der Waals surface area contributed by atoms with Crippen molar-refractivity contribution < 1.29 is 14.9 Å². The average Bonchev–Trinajstić information content (AvgIpc) is 3.36. The van der Waals surface area contributed by atoms with Gasteiger partial charge in [0.15, 0.2) is 6.23 Å². The van der Waals surface area contributed by atoms with E-state index in [9.17, 15) is 10.2 Å². The second kappa shape index (κ2) is 8.76. The smallest absolute Gasteiger partial charge is 0.164 e. The van der Waals surface area contributed by atoms with Gasteiger partial charge in [-0.2, -0.15) is 0 Å². The fraction of sp³-hybridized carbons (Fsp3) is 0.292. The van der Waals surface area contributed by atoms with E-state index in [-0.39, 0.29) is 6.61 Å². The van der Waals surface area contributed by atoms with Crippen molar-refractivity contribution in [3.8, 4) is 11.1 Å². The van der Waals surface area contributed by atoms with E-state index in [1.165, 1.54) is 0 Å². The summed E-state index contributed by atoms with van der Waals surface area (Å²) in [5, 5.41) is 22.6. The molecule has 1 aromatic heterocycles. The summed E-state index contributed by atoms with van der Waals surface area (Å²) < 4.78 is 7.68. The third-order valence-electron chi connectivity index (χ3n) is 5.91. The number of rotatable bonds is 6. The molecule has 2 aromatic carbocycles. The van der Waals surface area contributed by atoms with E-state index in [1.807, 2.05) is 70.5 Å². The molecule has 32 heavy (non-hydrogen) atoms. The van der Waals surface area contributed by atoms with Gasteiger partial charge in [-0.05, 0) is 30.2 Å². The number of para-hydroxylation sites is 1. The molecule has 166 valence electrons. The predicted octanol–water partition coefficient (Wildman–Crippen LogP) is 2.13. The zero-order valence-electron chi connectivity index (χ0n) is 17.6. The molecule has 8 heteroatoms. The van der Waals surface area contributed by atoms with Crippen LogP contribution in [0, 0.1) is 0 Å². The van der Waals surface area contributed by atoms with Gasteiger partial charge in [0.2, 0.25) is 0 Å². The molecule has 5 N–H and O–H groups in total. The highest BCUT2D eigenvalue weighted by Gasteiger charge is 2.39. The van der Waals surface area contributed by atoms with Gasteiger partial charge in [-0.1, -0.05) is 48.5 Å². The Balaban J connectivity index is 1.60. The van der Waals surface area contributed by atoms with Crippen LogP contribution in [0.25, 0.3) is 11.1 Å². The molecule has 0 unspecified atom stereocenters. The molecular weight excluding hydrogens is 406 g/mol. The first-order chi connectivity index (χ1) is 15.7. The van der Waals surface area contributed by atoms with Gasteiger partial charge in [0.05, 0.1) is 12.3 Å². The highest BCUT2D eigenvalue weighted by molar-refractivity contribution is 5.98. The number of hydrogen-bond donors (Lipinski definition) is 4. The molecule has 3 atom stereocenters. The Bertz CT molecular complexity index is 1110. The molecule has 8 nitrogen and oxygen atoms in total. The summed E-state index contributed by atoms with van der Waals surface area (Å²) in [7, 11) is 0. The first-order valence-electron chi connectivity index (χ1n) is 10.8. The van der Waals surface area contributed by atoms with Crippen molar-refractivity contribution in [2.24, 2.45) is 10.7 Å². The summed E-state index contributed by atoms with van der Waals surface area (Å²) in [4.78, 5) is 4.58. The van der Waals surface area contributed by atoms with Crippen LogP contribution in [0.3, 0.4) is 0 Å². The molecule has 1 fully saturated rings. The van der Waals surface area contributed by atoms with E-state index in [2.05, 4.69) is 16.5 Å². The van der Waals surface area contributed by atoms with E-state index in [0.717, 1.165) is 40.2 Å². The third kappa shape index (κ3) is 3.67. The van der Waals surface area contributed by atoms with Crippen LogP contribution in [-0.4, -0.2) is 53.0 Å². The summed E-state index contributed by atoms with van der Waals surface area (Å²) >= 11 is 0. The second-order valence-corrected chi connectivity index (χ2v) is 8.02. The fourth-order valence-corrected chi connectivity index (χ4v) is 4.33. The number of aliphatic hydroxyl groups is 2. The molecule has 0 radical (unpaired) electrons. The summed E-state index contributed by atoms with van der Waals surface area (Å²) in [6.45, 7) is 1.02. The Morgan fingerprint density at radius 3 is 2.62 bits per heavy atom. The lowest BCUT2D eigenvalue weighted by Gasteiger charge is -2.31. The molecule has 0 aliphatic carbocycles. The van der Waals surface area contributed by atoms with Crippen molar-refractivity contribution in [2.45, 2.75) is 24.9 Å². The van der Waals surface area contributed by atoms with Gasteiger partial charge in [-0.3, -0.25) is 10.4 Å². The van der Waals surface area contributed by atoms with Gasteiger partial charge in [-0.25, -0.2) is 5.01 Å². The molecule has 0 spiro atoms. The number of anilines is 2. The second-order valence-electron chi connectivity index (χ2n) is 8.02. The normalized spacial score (nSPS) is 22.2. The average molecular weight is 434 g/mol. The van der Waals surface area contributed by atoms with Gasteiger partial charge in [0, 0.05) is 23.5 Å². The van der Waals surface area contributed by atoms with Crippen molar-refractivity contribution in [2.75, 3.05) is 30.3 Å². The van der Waals surface area contributed by atoms with E-state index in [1.54, 1.807) is 0 Å². The number of nitrogens with one attached hydrogen (secondary N) is 1. The van der Waals surface area contributed by atoms with E-state index < -0.39 is 18.4 Å². The Labute approximate surface area is 186 Å². The maximum atomic E-state index is 10.6. The number of hydrazine groups is 1. The lowest BCUT2D eigenvalue weighted by Crippen LogP contribution is -2.37. The molecule has 0 amide bonds. The molecule has 0 saturated carbocycles. The van der Waals surface area contributed by atoms with Gasteiger partial charge in [0.25, 0.3) is 0 Å². The maximum Gasteiger partial charge on any atom is 0.164 e. The Hall–Kier alpha value is -3.17. The molecule has 2 aliphatic heterocycles. The summed E-state index contributed by atoms with van der Waals surface area (Å²) in [6.07, 6.45) is 1.91. The largest absolute Gasteiger partial charge is 0.388 e. The monoisotopic (exact) mass is 433 g/mol. The number of aliphatic hydroxyl groups excluding tert-OH is 2. The van der Waals surface area contributed by atoms with Crippen molar-refractivity contribution in [3.63, 3.8) is 0 Å². The van der Waals surface area contributed by atoms with Crippen molar-refractivity contribution >= 4 is 17.7 Å². The Kier molecular flexibility index (Phi) is 5.67. The minimum atomic E-state index is -1.03. The standard InChI is InChI=1S/C24H27N5O3/c25-11-10-17-8-4-5-9-20(17)27-29-15-26-12-18-19(16-6-2-1-3-7-16)13-28(23(18)29)24-22(31)21(30)14-32-24/h1-9,12-13,21-22,24,27,30-31H,10-11,14-15,25H2/t21-,22-,24-/m1/s1. The van der Waals surface area contributed by atoms with Crippen molar-refractivity contribution in [3.05, 3.63) is 71.9 Å². The topological polar surface area (TPSA) is 108 Å². The van der Waals surface area contributed by atoms with Crippen LogP contribution < -0.4 is 16.2 Å². The number of ether oxygens (including phenoxy) is 1. The number of fused-ring (bicyclic) bond motifs is 1. The van der Waals surface area contributed by atoms with Crippen LogP contribution in [0.4, 0.5) is 11.5 Å². The number of aliphatic imine (C=N–C) groups is 1. The molecule has 3 aromatic rings. The zero-order chi connectivity index (χ0) is 22.1. The Morgan fingerprint density at radius 1 is 1.09 bits per heavy atom. The van der Waals surface area contributed by atoms with Crippen molar-refractivity contribution in [1.82, 2.24) is 4.57 Å². The van der Waals surface area contributed by atoms with Crippen LogP contribution >= 0.6 is 0 Å². The van der Waals surface area contributed by atoms with Crippen LogP contribution in [0.15, 0.2) is 65.8 Å². The highest BCUT2D eigenvalue weighted by Crippen LogP contribution is 2.39. The summed E-state index contributed by atoms with van der Waals surface area (Å²) in [6, 6.07) is 18.1. The lowest BCUT2D eigenvalue weighted by atomic mass is 10.0. The number of hydrogen-bond acceptors (Lipinski definition) is 7. The lowest BCUT2D eigenvalue weighted by molar-refractivity contribution is -0.0172. The van der Waals surface area contributed by atoms with Crippen LogP contribution in [0.1, 0.15) is 17.4 Å². The van der Waals surface area contributed by atoms with Gasteiger partial charge >= 0.3 is 0 Å². The summed E-state index contributed by atoms with van der Waals surface area (Å²) in [5.74, 6) is 0.819. The van der Waals surface area contributed by atoms with Gasteiger partial charge < -0.3 is 25.3 Å². The number of nitrogens with zero attached hydrogens (tertiary/aromatic N) is 3. The van der Waals surface area contributed by atoms with Crippen LogP contribution in [0.2, 0.25) is 0 Å². The van der Waals surface area contributed by atoms with E-state index >= 15 is 0 Å². The van der Waals surface area contributed by atoms with Gasteiger partial charge in [0.1, 0.15) is 24.7 Å². The van der Waals surface area contributed by atoms with E-state index in [0.29, 0.717) is 13.2 Å². The quantitative estimate of drug-likeness (QED) is 0.474. The number of benzene rings is 2. The molecule has 2 aliphatic rings. The highest BCUT2D eigenvalue weighted by atomic mass is 16.5. The van der Waals surface area contributed by atoms with Crippen molar-refractivity contribution in [1.29, 1.82) is 0 Å². The predicted molar refractivity (Wildman–Crippen MR) is 125 cm³/mol. The van der Waals surface area contributed by atoms with Crippen LogP contribution in [-0.2, 0) is 11.2 Å². The minimum Gasteiger partial charge on any atom is -0.388 e. The number of nitrogens with two attached hydrogens (primary N) is 1. The van der Waals surface area contributed by atoms with E-state index in [4.69, 9.17) is 10.5 Å². The minimum absolute atomic E-state index is 0.0836. The Morgan fingerprint density at radius 2 is 1.88 bits per heavy atom. The maximum absolute atomic E-state index is 10.6. The molecule has 1 saturated heterocycles.